The molecule has 0 saturated heterocycles. The Kier molecular flexibility index (Phi) is 24.1. The fraction of sp³-hybridized carbons (Fsp3) is 0.667. The van der Waals surface area contributed by atoms with Crippen LogP contribution in [0.1, 0.15) is 136 Å². The van der Waals surface area contributed by atoms with E-state index < -0.39 is 7.14 Å². The van der Waals surface area contributed by atoms with E-state index in [-0.39, 0.29) is 0 Å². The molecule has 0 saturated carbocycles. The minimum Gasteiger partial charge on any atom is -0.324 e. The van der Waals surface area contributed by atoms with Gasteiger partial charge in [-0.05, 0) is 29.9 Å². The van der Waals surface area contributed by atoms with Crippen LogP contribution in [0, 0.1) is 0 Å². The summed E-state index contributed by atoms with van der Waals surface area (Å²) in [7, 11) is -1.11. The zero-order valence-corrected chi connectivity index (χ0v) is 27.9. The van der Waals surface area contributed by atoms with Crippen molar-refractivity contribution in [1.82, 2.24) is 0 Å². The molecule has 0 aliphatic carbocycles. The number of unbranched alkanes of at least 4 members (excludes halogenated alkanes) is 15. The largest absolute Gasteiger partial charge is 0.324 e. The van der Waals surface area contributed by atoms with E-state index in [1.807, 2.05) is 0 Å². The van der Waals surface area contributed by atoms with Crippen molar-refractivity contribution >= 4 is 26.3 Å². The molecular weight excluding hydrogens is 510 g/mol. The molecule has 0 aromatic heterocycles. The Morgan fingerprint density at radius 2 is 0.718 bits per heavy atom. The molecule has 0 atom stereocenters. The number of rotatable bonds is 23. The first-order valence-corrected chi connectivity index (χ1v) is 19.8. The van der Waals surface area contributed by atoms with Gasteiger partial charge in [-0.25, -0.2) is 0 Å². The maximum atomic E-state index is 13.5. The first-order valence-electron chi connectivity index (χ1n) is 16.6. The number of benzene rings is 2. The lowest BCUT2D eigenvalue weighted by molar-refractivity contribution is 0.555. The molecule has 0 heterocycles. The lowest BCUT2D eigenvalue weighted by Crippen LogP contribution is -2.02. The van der Waals surface area contributed by atoms with Crippen LogP contribution >= 0.6 is 15.7 Å². The second-order valence-corrected chi connectivity index (χ2v) is 16.3. The van der Waals surface area contributed by atoms with E-state index in [1.54, 1.807) is 0 Å². The van der Waals surface area contributed by atoms with Gasteiger partial charge in [0.15, 0.2) is 0 Å². The molecule has 2 aromatic carbocycles. The van der Waals surface area contributed by atoms with E-state index in [9.17, 15) is 4.57 Å². The lowest BCUT2D eigenvalue weighted by atomic mass is 10.1. The molecule has 2 rings (SSSR count). The second-order valence-electron chi connectivity index (χ2n) is 11.4. The normalized spacial score (nSPS) is 11.3. The molecular formula is C36H62OP2. The van der Waals surface area contributed by atoms with Crippen LogP contribution in [0.3, 0.4) is 0 Å². The molecule has 0 fully saturated rings. The predicted octanol–water partition coefficient (Wildman–Crippen LogP) is 11.7. The minimum absolute atomic E-state index is 0.777. The Morgan fingerprint density at radius 1 is 0.436 bits per heavy atom. The van der Waals surface area contributed by atoms with Crippen molar-refractivity contribution in [3.8, 4) is 0 Å². The van der Waals surface area contributed by atoms with Gasteiger partial charge in [0.25, 0.3) is 0 Å². The first-order chi connectivity index (χ1) is 19.1. The molecule has 3 heteroatoms. The van der Waals surface area contributed by atoms with Crippen molar-refractivity contribution < 1.29 is 4.57 Å². The highest BCUT2D eigenvalue weighted by Gasteiger charge is 2.20. The number of hydrogen-bond donors (Lipinski definition) is 0. The molecule has 0 amide bonds. The van der Waals surface area contributed by atoms with Gasteiger partial charge in [0.2, 0.25) is 0 Å². The van der Waals surface area contributed by atoms with Gasteiger partial charge in [0, 0.05) is 18.5 Å². The van der Waals surface area contributed by atoms with Gasteiger partial charge in [-0.3, -0.25) is 0 Å². The Morgan fingerprint density at radius 3 is 1.03 bits per heavy atom. The van der Waals surface area contributed by atoms with Crippen molar-refractivity contribution in [2.24, 2.45) is 0 Å². The van der Waals surface area contributed by atoms with Crippen LogP contribution in [0.25, 0.3) is 0 Å². The third kappa shape index (κ3) is 21.5. The molecule has 0 aliphatic rings. The molecule has 1 nitrogen and oxygen atoms in total. The van der Waals surface area contributed by atoms with E-state index in [0.717, 1.165) is 27.1 Å². The van der Waals surface area contributed by atoms with Gasteiger partial charge >= 0.3 is 0 Å². The molecule has 39 heavy (non-hydrogen) atoms. The molecule has 0 aliphatic heterocycles. The zero-order valence-electron chi connectivity index (χ0n) is 26.0. The van der Waals surface area contributed by atoms with Crippen molar-refractivity contribution in [3.63, 3.8) is 0 Å². The van der Waals surface area contributed by atoms with Crippen LogP contribution < -0.4 is 10.6 Å². The maximum Gasteiger partial charge on any atom is 0.0877 e. The molecule has 0 bridgehead atoms. The Bertz CT molecular complexity index is 720. The van der Waals surface area contributed by atoms with Crippen LogP contribution in [0.4, 0.5) is 0 Å². The summed E-state index contributed by atoms with van der Waals surface area (Å²) in [5.74, 6) is 0. The smallest absolute Gasteiger partial charge is 0.0877 e. The number of hydrogen-bond acceptors (Lipinski definition) is 1. The molecule has 0 N–H and O–H groups in total. The summed E-state index contributed by atoms with van der Waals surface area (Å²) in [5, 5.41) is 2.79. The average Bonchev–Trinajstić information content (AvgIpc) is 2.96. The first kappa shape index (κ1) is 36.1. The highest BCUT2D eigenvalue weighted by molar-refractivity contribution is 7.63. The molecule has 0 radical (unpaired) electrons. The Balaban J connectivity index is 0.000000480. The molecule has 222 valence electrons. The lowest BCUT2D eigenvalue weighted by Gasteiger charge is -2.18. The third-order valence-electron chi connectivity index (χ3n) is 7.59. The summed E-state index contributed by atoms with van der Waals surface area (Å²) in [4.78, 5) is 0. The van der Waals surface area contributed by atoms with E-state index in [2.05, 4.69) is 81.4 Å². The van der Waals surface area contributed by atoms with Crippen molar-refractivity contribution in [1.29, 1.82) is 0 Å². The zero-order chi connectivity index (χ0) is 28.3. The van der Waals surface area contributed by atoms with E-state index in [0.29, 0.717) is 0 Å². The summed E-state index contributed by atoms with van der Waals surface area (Å²) in [6, 6.07) is 21.2. The fourth-order valence-electron chi connectivity index (χ4n) is 5.09. The van der Waals surface area contributed by atoms with Gasteiger partial charge in [-0.2, -0.15) is 0 Å². The highest BCUT2D eigenvalue weighted by Crippen LogP contribution is 2.48. The van der Waals surface area contributed by atoms with Gasteiger partial charge in [-0.1, -0.05) is 186 Å². The minimum atomic E-state index is -1.89. The summed E-state index contributed by atoms with van der Waals surface area (Å²) >= 11 is 0. The van der Waals surface area contributed by atoms with Crippen molar-refractivity contribution in [2.45, 2.75) is 136 Å². The summed E-state index contributed by atoms with van der Waals surface area (Å²) in [6.45, 7) is 6.82. The van der Waals surface area contributed by atoms with Crippen LogP contribution in [-0.4, -0.2) is 18.5 Å². The van der Waals surface area contributed by atoms with Crippen LogP contribution in [0.15, 0.2) is 60.7 Å². The van der Waals surface area contributed by atoms with Gasteiger partial charge < -0.3 is 4.57 Å². The summed E-state index contributed by atoms with van der Waals surface area (Å²) in [6.07, 6.45) is 26.9. The van der Waals surface area contributed by atoms with Gasteiger partial charge in [0.1, 0.15) is 0 Å². The summed E-state index contributed by atoms with van der Waals surface area (Å²) in [5.41, 5.74) is 0. The monoisotopic (exact) mass is 572 g/mol. The van der Waals surface area contributed by atoms with Crippen molar-refractivity contribution in [2.75, 3.05) is 18.5 Å². The topological polar surface area (TPSA) is 17.1 Å². The molecule has 2 aromatic rings. The van der Waals surface area contributed by atoms with Crippen molar-refractivity contribution in [3.05, 3.63) is 60.7 Å². The summed E-state index contributed by atoms with van der Waals surface area (Å²) < 4.78 is 13.5. The highest BCUT2D eigenvalue weighted by atomic mass is 31.2. The maximum absolute atomic E-state index is 13.5. The molecule has 0 spiro atoms. The van der Waals surface area contributed by atoms with Crippen LogP contribution in [0.5, 0.6) is 0 Å². The Hall–Kier alpha value is -0.900. The van der Waals surface area contributed by atoms with Gasteiger partial charge in [-0.15, -0.1) is 0 Å². The Labute approximate surface area is 245 Å². The van der Waals surface area contributed by atoms with E-state index in [4.69, 9.17) is 0 Å². The third-order valence-corrected chi connectivity index (χ3v) is 12.2. The second kappa shape index (κ2) is 26.0. The SMILES string of the molecule is CCCCCCCCP(=O)(CCCCCCCC)CCCCCCCC.c1ccc(Pc2ccccc2)cc1. The molecule has 0 unspecified atom stereocenters. The standard InChI is InChI=1S/C24H51OP.C12H11P/c1-4-7-10-13-16-19-22-26(25,23-20-17-14-11-8-5-2)24-21-18-15-12-9-6-3;1-3-7-11(8-4-1)13-12-9-5-2-6-10-12/h4-24H2,1-3H3;1-10,13H. The fourth-order valence-corrected chi connectivity index (χ4v) is 9.21. The predicted molar refractivity (Wildman–Crippen MR) is 183 cm³/mol. The van der Waals surface area contributed by atoms with E-state index >= 15 is 0 Å². The average molecular weight is 573 g/mol. The van der Waals surface area contributed by atoms with Crippen LogP contribution in [-0.2, 0) is 4.57 Å². The quantitative estimate of drug-likeness (QED) is 0.0956. The van der Waals surface area contributed by atoms with Crippen LogP contribution in [0.2, 0.25) is 0 Å². The van der Waals surface area contributed by atoms with Gasteiger partial charge in [0.05, 0.1) is 7.14 Å². The van der Waals surface area contributed by atoms with E-state index in [1.165, 1.54) is 126 Å².